The Morgan fingerprint density at radius 2 is 1.33 bits per heavy atom. The smallest absolute Gasteiger partial charge is 0.238 e. The third-order valence-electron chi connectivity index (χ3n) is 6.98. The highest BCUT2D eigenvalue weighted by molar-refractivity contribution is 6.15. The minimum Gasteiger partial charge on any atom is -0.303 e. The van der Waals surface area contributed by atoms with Crippen LogP contribution < -0.4 is 0 Å². The molecule has 6 heteroatoms. The highest BCUT2D eigenvalue weighted by Gasteiger charge is 2.20. The van der Waals surface area contributed by atoms with Gasteiger partial charge in [0.15, 0.2) is 11.6 Å². The Morgan fingerprint density at radius 1 is 0.692 bits per heavy atom. The van der Waals surface area contributed by atoms with Gasteiger partial charge in [-0.15, -0.1) is 0 Å². The largest absolute Gasteiger partial charge is 0.303 e. The van der Waals surface area contributed by atoms with Crippen LogP contribution in [0.15, 0.2) is 116 Å². The number of para-hydroxylation sites is 1. The maximum atomic E-state index is 5.03. The summed E-state index contributed by atoms with van der Waals surface area (Å²) >= 11 is 0. The van der Waals surface area contributed by atoms with Crippen LogP contribution in [0.2, 0.25) is 0 Å². The van der Waals surface area contributed by atoms with Crippen LogP contribution in [-0.2, 0) is 0 Å². The number of nitrogens with zero attached hydrogens (tertiary/aromatic N) is 6. The molecule has 0 radical (unpaired) electrons. The lowest BCUT2D eigenvalue weighted by Gasteiger charge is -2.11. The minimum atomic E-state index is 0.563. The summed E-state index contributed by atoms with van der Waals surface area (Å²) in [5.74, 6) is 1.81. The number of pyridine rings is 1. The number of benzene rings is 3. The first kappa shape index (κ1) is 22.8. The Balaban J connectivity index is 1.57. The van der Waals surface area contributed by atoms with Gasteiger partial charge in [0.05, 0.1) is 22.1 Å². The van der Waals surface area contributed by atoms with Crippen molar-refractivity contribution < 1.29 is 0 Å². The standard InChI is InChI=1S/C33H24N6/c1-3-4-18-26-22(2)38-21-20-28-29(32(38)34-26)25-17-11-12-19-27(25)39(28)33-36-30(23-13-7-5-8-14-23)35-31(37-33)24-15-9-6-10-16-24/h3-21H,1H2,2H3/b18-4-. The molecule has 0 spiro atoms. The molecule has 0 atom stereocenters. The number of hydrogen-bond acceptors (Lipinski definition) is 4. The molecule has 0 amide bonds. The van der Waals surface area contributed by atoms with Crippen molar-refractivity contribution >= 4 is 33.5 Å². The fraction of sp³-hybridized carbons (Fsp3) is 0.0303. The summed E-state index contributed by atoms with van der Waals surface area (Å²) in [6.45, 7) is 5.88. The van der Waals surface area contributed by atoms with E-state index in [-0.39, 0.29) is 0 Å². The number of aromatic nitrogens is 6. The Kier molecular flexibility index (Phi) is 5.37. The maximum Gasteiger partial charge on any atom is 0.238 e. The third kappa shape index (κ3) is 3.73. The van der Waals surface area contributed by atoms with Gasteiger partial charge in [0, 0.05) is 28.4 Å². The molecule has 3 aromatic carbocycles. The molecule has 0 aliphatic heterocycles. The van der Waals surface area contributed by atoms with Crippen molar-refractivity contribution in [2.45, 2.75) is 6.92 Å². The topological polar surface area (TPSA) is 60.9 Å². The monoisotopic (exact) mass is 504 g/mol. The van der Waals surface area contributed by atoms with E-state index in [1.807, 2.05) is 78.9 Å². The Morgan fingerprint density at radius 3 is 2.00 bits per heavy atom. The third-order valence-corrected chi connectivity index (χ3v) is 6.98. The second-order valence-electron chi connectivity index (χ2n) is 9.31. The summed E-state index contributed by atoms with van der Waals surface area (Å²) in [5, 5.41) is 2.14. The second kappa shape index (κ2) is 9.19. The number of rotatable bonds is 5. The van der Waals surface area contributed by atoms with E-state index in [4.69, 9.17) is 19.9 Å². The molecular formula is C33H24N6. The average Bonchev–Trinajstić information content (AvgIpc) is 3.51. The molecule has 0 N–H and O–H groups in total. The zero-order valence-corrected chi connectivity index (χ0v) is 21.4. The average molecular weight is 505 g/mol. The van der Waals surface area contributed by atoms with Crippen molar-refractivity contribution in [1.29, 1.82) is 0 Å². The molecule has 0 fully saturated rings. The number of allylic oxidation sites excluding steroid dienone is 2. The van der Waals surface area contributed by atoms with Crippen LogP contribution in [0.25, 0.3) is 62.3 Å². The lowest BCUT2D eigenvalue weighted by atomic mass is 10.2. The van der Waals surface area contributed by atoms with Crippen LogP contribution in [0, 0.1) is 6.92 Å². The second-order valence-corrected chi connectivity index (χ2v) is 9.31. The molecule has 0 saturated carbocycles. The van der Waals surface area contributed by atoms with E-state index < -0.39 is 0 Å². The molecule has 7 aromatic rings. The number of aryl methyl sites for hydroxylation is 1. The fourth-order valence-corrected chi connectivity index (χ4v) is 5.12. The van der Waals surface area contributed by atoms with Crippen molar-refractivity contribution in [2.24, 2.45) is 0 Å². The molecule has 0 bridgehead atoms. The SMILES string of the molecule is C=C/C=C\c1nc2c3c4ccccc4n(-c4nc(-c5ccccc5)nc(-c5ccccc5)n4)c3ccn2c1C. The Bertz CT molecular complexity index is 1970. The summed E-state index contributed by atoms with van der Waals surface area (Å²) in [6, 6.07) is 30.5. The highest BCUT2D eigenvalue weighted by Crippen LogP contribution is 2.35. The molecule has 0 unspecified atom stereocenters. The molecule has 39 heavy (non-hydrogen) atoms. The van der Waals surface area contributed by atoms with Gasteiger partial charge in [0.1, 0.15) is 5.65 Å². The van der Waals surface area contributed by atoms with Crippen LogP contribution >= 0.6 is 0 Å². The predicted molar refractivity (Wildman–Crippen MR) is 158 cm³/mol. The van der Waals surface area contributed by atoms with Gasteiger partial charge < -0.3 is 4.40 Å². The first-order valence-electron chi connectivity index (χ1n) is 12.8. The van der Waals surface area contributed by atoms with E-state index in [1.165, 1.54) is 0 Å². The van der Waals surface area contributed by atoms with Gasteiger partial charge in [-0.2, -0.15) is 9.97 Å². The van der Waals surface area contributed by atoms with Gasteiger partial charge in [-0.1, -0.05) is 97.6 Å². The maximum absolute atomic E-state index is 5.03. The molecular weight excluding hydrogens is 480 g/mol. The zero-order chi connectivity index (χ0) is 26.3. The summed E-state index contributed by atoms with van der Waals surface area (Å²) in [5.41, 5.74) is 6.74. The molecule has 6 nitrogen and oxygen atoms in total. The van der Waals surface area contributed by atoms with Crippen LogP contribution in [0.5, 0.6) is 0 Å². The van der Waals surface area contributed by atoms with Crippen molar-refractivity contribution in [1.82, 2.24) is 28.9 Å². The first-order valence-corrected chi connectivity index (χ1v) is 12.8. The Hall–Kier alpha value is -5.36. The van der Waals surface area contributed by atoms with E-state index in [9.17, 15) is 0 Å². The summed E-state index contributed by atoms with van der Waals surface area (Å²) in [6.07, 6.45) is 7.74. The van der Waals surface area contributed by atoms with Gasteiger partial charge in [-0.25, -0.2) is 9.97 Å². The fourth-order valence-electron chi connectivity index (χ4n) is 5.12. The van der Waals surface area contributed by atoms with Crippen molar-refractivity contribution in [3.05, 3.63) is 127 Å². The molecule has 4 heterocycles. The van der Waals surface area contributed by atoms with Gasteiger partial charge in [-0.05, 0) is 25.1 Å². The lowest BCUT2D eigenvalue weighted by molar-refractivity contribution is 0.952. The number of hydrogen-bond donors (Lipinski definition) is 0. The van der Waals surface area contributed by atoms with Crippen molar-refractivity contribution in [3.63, 3.8) is 0 Å². The molecule has 0 saturated heterocycles. The summed E-state index contributed by atoms with van der Waals surface area (Å²) in [4.78, 5) is 19.9. The van der Waals surface area contributed by atoms with Crippen LogP contribution in [0.1, 0.15) is 11.4 Å². The minimum absolute atomic E-state index is 0.563. The van der Waals surface area contributed by atoms with Crippen LogP contribution in [0.3, 0.4) is 0 Å². The van der Waals surface area contributed by atoms with Gasteiger partial charge in [0.25, 0.3) is 0 Å². The van der Waals surface area contributed by atoms with Gasteiger partial charge >= 0.3 is 0 Å². The summed E-state index contributed by atoms with van der Waals surface area (Å²) in [7, 11) is 0. The van der Waals surface area contributed by atoms with E-state index in [1.54, 1.807) is 6.08 Å². The Labute approximate surface area is 225 Å². The number of imidazole rings is 1. The first-order chi connectivity index (χ1) is 19.2. The van der Waals surface area contributed by atoms with Crippen molar-refractivity contribution in [3.8, 4) is 28.7 Å². The van der Waals surface area contributed by atoms with E-state index in [0.717, 1.165) is 50.0 Å². The molecule has 186 valence electrons. The normalized spacial score (nSPS) is 11.7. The van der Waals surface area contributed by atoms with Crippen LogP contribution in [-0.4, -0.2) is 28.9 Å². The van der Waals surface area contributed by atoms with E-state index in [2.05, 4.69) is 52.9 Å². The molecule has 0 aliphatic rings. The quantitative estimate of drug-likeness (QED) is 0.228. The van der Waals surface area contributed by atoms with E-state index >= 15 is 0 Å². The highest BCUT2D eigenvalue weighted by atomic mass is 15.2. The van der Waals surface area contributed by atoms with E-state index in [0.29, 0.717) is 17.6 Å². The number of fused-ring (bicyclic) bond motifs is 5. The molecule has 7 rings (SSSR count). The zero-order valence-electron chi connectivity index (χ0n) is 21.4. The summed E-state index contributed by atoms with van der Waals surface area (Å²) < 4.78 is 4.26. The van der Waals surface area contributed by atoms with Gasteiger partial charge in [-0.3, -0.25) is 4.57 Å². The lowest BCUT2D eigenvalue weighted by Crippen LogP contribution is -2.06. The van der Waals surface area contributed by atoms with Crippen LogP contribution in [0.4, 0.5) is 0 Å². The van der Waals surface area contributed by atoms with Crippen molar-refractivity contribution in [2.75, 3.05) is 0 Å². The molecule has 0 aliphatic carbocycles. The molecule has 4 aromatic heterocycles. The predicted octanol–water partition coefficient (Wildman–Crippen LogP) is 7.46. The van der Waals surface area contributed by atoms with Gasteiger partial charge in [0.2, 0.25) is 5.95 Å².